The maximum atomic E-state index is 13.0. The first-order valence-corrected chi connectivity index (χ1v) is 8.55. The van der Waals surface area contributed by atoms with Gasteiger partial charge in [-0.15, -0.1) is 0 Å². The van der Waals surface area contributed by atoms with Crippen LogP contribution in [0.1, 0.15) is 12.0 Å². The minimum atomic E-state index is -0.337. The van der Waals surface area contributed by atoms with Crippen LogP contribution < -0.4 is 15.0 Å². The van der Waals surface area contributed by atoms with Crippen LogP contribution in [0, 0.1) is 5.82 Å². The summed E-state index contributed by atoms with van der Waals surface area (Å²) in [6.45, 7) is 0.383. The lowest BCUT2D eigenvalue weighted by Crippen LogP contribution is -2.29. The van der Waals surface area contributed by atoms with E-state index in [4.69, 9.17) is 9.47 Å². The van der Waals surface area contributed by atoms with Crippen LogP contribution in [0.15, 0.2) is 71.7 Å². The first-order valence-electron chi connectivity index (χ1n) is 8.55. The Kier molecular flexibility index (Phi) is 4.44. The number of para-hydroxylation sites is 1. The van der Waals surface area contributed by atoms with Crippen molar-refractivity contribution in [3.05, 3.63) is 88.6 Å². The fraction of sp³-hybridized carbons (Fsp3) is 0.190. The highest BCUT2D eigenvalue weighted by molar-refractivity contribution is 5.35. The Bertz CT molecular complexity index is 965. The van der Waals surface area contributed by atoms with E-state index in [1.807, 2.05) is 18.2 Å². The summed E-state index contributed by atoms with van der Waals surface area (Å²) in [5.41, 5.74) is 1.59. The third kappa shape index (κ3) is 3.47. The lowest BCUT2D eigenvalue weighted by molar-refractivity contribution is 0.109. The maximum absolute atomic E-state index is 13.0. The average Bonchev–Trinajstić information content (AvgIpc) is 2.67. The zero-order chi connectivity index (χ0) is 17.9. The van der Waals surface area contributed by atoms with Gasteiger partial charge in [0.05, 0.1) is 0 Å². The molecule has 1 unspecified atom stereocenters. The second kappa shape index (κ2) is 7.04. The van der Waals surface area contributed by atoms with Gasteiger partial charge in [0.2, 0.25) is 0 Å². The normalized spacial score (nSPS) is 15.8. The van der Waals surface area contributed by atoms with E-state index in [0.717, 1.165) is 18.6 Å². The fourth-order valence-corrected chi connectivity index (χ4v) is 3.05. The molecular formula is C21H18FNO3. The van der Waals surface area contributed by atoms with Crippen molar-refractivity contribution in [1.82, 2.24) is 4.57 Å². The molecule has 2 heterocycles. The van der Waals surface area contributed by atoms with Crippen molar-refractivity contribution >= 4 is 0 Å². The van der Waals surface area contributed by atoms with Crippen LogP contribution in [-0.4, -0.2) is 17.3 Å². The monoisotopic (exact) mass is 351 g/mol. The number of aromatic nitrogens is 1. The largest absolute Gasteiger partial charge is 0.489 e. The van der Waals surface area contributed by atoms with Crippen molar-refractivity contribution in [2.24, 2.45) is 0 Å². The highest BCUT2D eigenvalue weighted by Crippen LogP contribution is 2.27. The molecule has 1 aliphatic rings. The van der Waals surface area contributed by atoms with Gasteiger partial charge in [-0.1, -0.05) is 18.2 Å². The molecule has 4 rings (SSSR count). The Balaban J connectivity index is 1.42. The van der Waals surface area contributed by atoms with E-state index >= 15 is 0 Å². The molecule has 3 aromatic rings. The number of benzene rings is 2. The summed E-state index contributed by atoms with van der Waals surface area (Å²) in [5.74, 6) is 1.06. The van der Waals surface area contributed by atoms with Gasteiger partial charge in [-0.2, -0.15) is 0 Å². The van der Waals surface area contributed by atoms with Crippen LogP contribution in [0.4, 0.5) is 4.39 Å². The van der Waals surface area contributed by atoms with E-state index in [1.54, 1.807) is 24.4 Å². The van der Waals surface area contributed by atoms with Gasteiger partial charge in [-0.05, 0) is 54.8 Å². The Hall–Kier alpha value is -3.08. The quantitative estimate of drug-likeness (QED) is 0.719. The van der Waals surface area contributed by atoms with Gasteiger partial charge in [0.15, 0.2) is 0 Å². The smallest absolute Gasteiger partial charge is 0.258 e. The zero-order valence-electron chi connectivity index (χ0n) is 14.1. The van der Waals surface area contributed by atoms with Crippen LogP contribution >= 0.6 is 0 Å². The van der Waals surface area contributed by atoms with E-state index < -0.39 is 0 Å². The minimum Gasteiger partial charge on any atom is -0.489 e. The number of ether oxygens (including phenoxy) is 2. The molecule has 0 fully saturated rings. The Morgan fingerprint density at radius 2 is 1.92 bits per heavy atom. The third-order valence-electron chi connectivity index (χ3n) is 4.43. The minimum absolute atomic E-state index is 0.0376. The molecule has 4 nitrogen and oxygen atoms in total. The van der Waals surface area contributed by atoms with E-state index in [1.165, 1.54) is 28.3 Å². The molecule has 1 atom stereocenters. The SMILES string of the molecule is O=c1cc(OCC2CCc3ccccc3O2)ccn1-c1ccc(F)cc1. The van der Waals surface area contributed by atoms with Crippen molar-refractivity contribution < 1.29 is 13.9 Å². The van der Waals surface area contributed by atoms with Crippen LogP contribution in [-0.2, 0) is 6.42 Å². The predicted molar refractivity (Wildman–Crippen MR) is 96.7 cm³/mol. The molecule has 0 amide bonds. The van der Waals surface area contributed by atoms with Crippen LogP contribution in [0.2, 0.25) is 0 Å². The first-order chi connectivity index (χ1) is 12.7. The van der Waals surface area contributed by atoms with E-state index in [0.29, 0.717) is 18.0 Å². The lowest BCUT2D eigenvalue weighted by atomic mass is 10.0. The second-order valence-corrected chi connectivity index (χ2v) is 6.24. The second-order valence-electron chi connectivity index (χ2n) is 6.24. The number of nitrogens with zero attached hydrogens (tertiary/aromatic N) is 1. The van der Waals surface area contributed by atoms with E-state index in [2.05, 4.69) is 6.07 Å². The van der Waals surface area contributed by atoms with Gasteiger partial charge >= 0.3 is 0 Å². The summed E-state index contributed by atoms with van der Waals surface area (Å²) < 4.78 is 26.2. The molecular weight excluding hydrogens is 333 g/mol. The fourth-order valence-electron chi connectivity index (χ4n) is 3.05. The number of hydrogen-bond acceptors (Lipinski definition) is 3. The molecule has 0 saturated heterocycles. The van der Waals surface area contributed by atoms with Crippen LogP contribution in [0.3, 0.4) is 0 Å². The number of halogens is 1. The summed E-state index contributed by atoms with van der Waals surface area (Å²) in [7, 11) is 0. The van der Waals surface area contributed by atoms with Gasteiger partial charge in [0, 0.05) is 18.0 Å². The van der Waals surface area contributed by atoms with Crippen LogP contribution in [0.5, 0.6) is 11.5 Å². The molecule has 1 aromatic heterocycles. The van der Waals surface area contributed by atoms with Gasteiger partial charge in [-0.25, -0.2) is 4.39 Å². The summed E-state index contributed by atoms with van der Waals surface area (Å²) in [6.07, 6.45) is 3.42. The van der Waals surface area contributed by atoms with Crippen LogP contribution in [0.25, 0.3) is 5.69 Å². The first kappa shape index (κ1) is 16.4. The van der Waals surface area contributed by atoms with Crippen molar-refractivity contribution in [2.45, 2.75) is 18.9 Å². The van der Waals surface area contributed by atoms with Gasteiger partial charge in [0.25, 0.3) is 5.56 Å². The summed E-state index contributed by atoms with van der Waals surface area (Å²) in [4.78, 5) is 12.3. The average molecular weight is 351 g/mol. The third-order valence-corrected chi connectivity index (χ3v) is 4.43. The number of fused-ring (bicyclic) bond motifs is 1. The molecule has 0 N–H and O–H groups in total. The molecule has 1 aliphatic heterocycles. The van der Waals surface area contributed by atoms with E-state index in [9.17, 15) is 9.18 Å². The molecule has 0 radical (unpaired) electrons. The predicted octanol–water partition coefficient (Wildman–Crippen LogP) is 3.75. The van der Waals surface area contributed by atoms with Crippen molar-refractivity contribution in [2.75, 3.05) is 6.61 Å². The highest BCUT2D eigenvalue weighted by Gasteiger charge is 2.19. The Morgan fingerprint density at radius 1 is 1.12 bits per heavy atom. The van der Waals surface area contributed by atoms with Gasteiger partial charge in [0.1, 0.15) is 30.0 Å². The molecule has 26 heavy (non-hydrogen) atoms. The van der Waals surface area contributed by atoms with Crippen molar-refractivity contribution in [1.29, 1.82) is 0 Å². The number of aryl methyl sites for hydroxylation is 1. The lowest BCUT2D eigenvalue weighted by Gasteiger charge is -2.26. The summed E-state index contributed by atoms with van der Waals surface area (Å²) >= 11 is 0. The molecule has 2 aromatic carbocycles. The standard InChI is InChI=1S/C21H18FNO3/c22-16-6-8-17(9-7-16)23-12-11-18(13-21(23)24)25-14-19-10-5-15-3-1-2-4-20(15)26-19/h1-4,6-9,11-13,19H,5,10,14H2. The molecule has 5 heteroatoms. The summed E-state index contributed by atoms with van der Waals surface area (Å²) in [6, 6.07) is 16.9. The van der Waals surface area contributed by atoms with E-state index in [-0.39, 0.29) is 17.5 Å². The van der Waals surface area contributed by atoms with Crippen molar-refractivity contribution in [3.63, 3.8) is 0 Å². The number of pyridine rings is 1. The molecule has 132 valence electrons. The molecule has 0 saturated carbocycles. The highest BCUT2D eigenvalue weighted by atomic mass is 19.1. The molecule has 0 spiro atoms. The Morgan fingerprint density at radius 3 is 2.73 bits per heavy atom. The van der Waals surface area contributed by atoms with Gasteiger partial charge < -0.3 is 9.47 Å². The zero-order valence-corrected chi connectivity index (χ0v) is 14.1. The number of hydrogen-bond donors (Lipinski definition) is 0. The summed E-state index contributed by atoms with van der Waals surface area (Å²) in [5, 5.41) is 0. The Labute approximate surface area is 150 Å². The molecule has 0 aliphatic carbocycles. The van der Waals surface area contributed by atoms with Crippen molar-refractivity contribution in [3.8, 4) is 17.2 Å². The topological polar surface area (TPSA) is 40.5 Å². The van der Waals surface area contributed by atoms with Gasteiger partial charge in [-0.3, -0.25) is 9.36 Å². The maximum Gasteiger partial charge on any atom is 0.258 e. The molecule has 0 bridgehead atoms. The number of rotatable bonds is 4.